The van der Waals surface area contributed by atoms with Gasteiger partial charge in [0, 0.05) is 16.7 Å². The molecule has 6 heteroatoms. The molecule has 0 saturated carbocycles. The number of carbonyl (C=O) groups excluding carboxylic acids is 1. The highest BCUT2D eigenvalue weighted by molar-refractivity contribution is 6.06. The Kier molecular flexibility index (Phi) is 5.63. The number of hydrogen-bond donors (Lipinski definition) is 0. The van der Waals surface area contributed by atoms with Crippen LogP contribution in [0, 0.1) is 0 Å². The predicted molar refractivity (Wildman–Crippen MR) is 99.6 cm³/mol. The van der Waals surface area contributed by atoms with Gasteiger partial charge < -0.3 is 14.2 Å². The zero-order chi connectivity index (χ0) is 18.4. The van der Waals surface area contributed by atoms with Crippen molar-refractivity contribution in [3.8, 4) is 11.5 Å². The maximum absolute atomic E-state index is 10.7. The largest absolute Gasteiger partial charge is 0.490 e. The highest BCUT2D eigenvalue weighted by Crippen LogP contribution is 2.29. The first kappa shape index (κ1) is 17.7. The molecule has 0 fully saturated rings. The van der Waals surface area contributed by atoms with Crippen LogP contribution in [0.1, 0.15) is 35.3 Å². The molecule has 134 valence electrons. The van der Waals surface area contributed by atoms with Crippen molar-refractivity contribution in [1.82, 2.24) is 0 Å². The van der Waals surface area contributed by atoms with Gasteiger partial charge in [0.2, 0.25) is 5.90 Å². The summed E-state index contributed by atoms with van der Waals surface area (Å²) in [6.07, 6.45) is 0.807. The molecule has 26 heavy (non-hydrogen) atoms. The lowest BCUT2D eigenvalue weighted by Crippen LogP contribution is -2.20. The molecule has 0 radical (unpaired) electrons. The summed E-state index contributed by atoms with van der Waals surface area (Å²) in [4.78, 5) is 10.7. The Morgan fingerprint density at radius 2 is 1.65 bits per heavy atom. The number of aldehydes is 1. The van der Waals surface area contributed by atoms with Crippen molar-refractivity contribution < 1.29 is 19.0 Å². The quantitative estimate of drug-likeness (QED) is 0.716. The van der Waals surface area contributed by atoms with Crippen molar-refractivity contribution in [3.05, 3.63) is 59.2 Å². The Hall–Kier alpha value is -3.15. The molecule has 3 rings (SSSR count). The Balaban J connectivity index is 1.84. The summed E-state index contributed by atoms with van der Waals surface area (Å²) in [6, 6.07) is 12.7. The second-order valence-electron chi connectivity index (χ2n) is 5.51. The lowest BCUT2D eigenvalue weighted by atomic mass is 10.1. The molecule has 2 aromatic carbocycles. The van der Waals surface area contributed by atoms with E-state index in [9.17, 15) is 4.79 Å². The lowest BCUT2D eigenvalue weighted by molar-refractivity contribution is 0.112. The molecular weight excluding hydrogens is 332 g/mol. The van der Waals surface area contributed by atoms with E-state index in [0.29, 0.717) is 48.5 Å². The second kappa shape index (κ2) is 8.29. The van der Waals surface area contributed by atoms with Crippen LogP contribution in [0.5, 0.6) is 11.5 Å². The van der Waals surface area contributed by atoms with Gasteiger partial charge in [0.25, 0.3) is 0 Å². The number of carbonyl (C=O) groups is 1. The molecular formula is C20H20N2O4. The minimum Gasteiger partial charge on any atom is -0.490 e. The van der Waals surface area contributed by atoms with Gasteiger partial charge in [0.15, 0.2) is 11.5 Å². The molecule has 2 aromatic rings. The molecule has 1 aliphatic rings. The molecule has 1 heterocycles. The van der Waals surface area contributed by atoms with Crippen LogP contribution in [-0.2, 0) is 4.74 Å². The van der Waals surface area contributed by atoms with Crippen molar-refractivity contribution in [2.24, 2.45) is 10.2 Å². The highest BCUT2D eigenvalue weighted by Gasteiger charge is 2.16. The number of benzene rings is 2. The molecule has 0 aromatic heterocycles. The standard InChI is InChI=1S/C20H20N2O4/c1-3-24-18-10-9-16(11-19(18)25-4-2)20-22-21-17(13-26-20)15-7-5-14(12-23)6-8-15/h5-12H,3-4,13H2,1-2H3. The van der Waals surface area contributed by atoms with E-state index in [1.54, 1.807) is 12.1 Å². The van der Waals surface area contributed by atoms with Crippen LogP contribution in [0.2, 0.25) is 0 Å². The minimum atomic E-state index is 0.302. The van der Waals surface area contributed by atoms with Gasteiger partial charge in [-0.3, -0.25) is 4.79 Å². The van der Waals surface area contributed by atoms with E-state index in [1.807, 2.05) is 44.2 Å². The van der Waals surface area contributed by atoms with Gasteiger partial charge in [-0.25, -0.2) is 0 Å². The van der Waals surface area contributed by atoms with Gasteiger partial charge in [-0.05, 0) is 32.0 Å². The predicted octanol–water partition coefficient (Wildman–Crippen LogP) is 3.48. The number of ether oxygens (including phenoxy) is 3. The van der Waals surface area contributed by atoms with E-state index in [1.165, 1.54) is 0 Å². The summed E-state index contributed by atoms with van der Waals surface area (Å²) in [5, 5.41) is 8.46. The first-order valence-electron chi connectivity index (χ1n) is 8.48. The molecule has 0 saturated heterocycles. The van der Waals surface area contributed by atoms with Crippen LogP contribution in [-0.4, -0.2) is 37.7 Å². The Bertz CT molecular complexity index is 841. The van der Waals surface area contributed by atoms with Gasteiger partial charge in [-0.2, -0.15) is 0 Å². The van der Waals surface area contributed by atoms with Crippen molar-refractivity contribution in [1.29, 1.82) is 0 Å². The maximum Gasteiger partial charge on any atom is 0.241 e. The summed E-state index contributed by atoms with van der Waals surface area (Å²) in [6.45, 7) is 5.25. The van der Waals surface area contributed by atoms with E-state index < -0.39 is 0 Å². The molecule has 0 amide bonds. The fraction of sp³-hybridized carbons (Fsp3) is 0.250. The molecule has 6 nitrogen and oxygen atoms in total. The van der Waals surface area contributed by atoms with Crippen LogP contribution in [0.3, 0.4) is 0 Å². The molecule has 0 spiro atoms. The summed E-state index contributed by atoms with van der Waals surface area (Å²) in [5.74, 6) is 1.77. The topological polar surface area (TPSA) is 69.5 Å². The van der Waals surface area contributed by atoms with Crippen LogP contribution in [0.4, 0.5) is 0 Å². The molecule has 1 aliphatic heterocycles. The van der Waals surface area contributed by atoms with Crippen LogP contribution >= 0.6 is 0 Å². The smallest absolute Gasteiger partial charge is 0.241 e. The van der Waals surface area contributed by atoms with Gasteiger partial charge in [0.05, 0.1) is 13.2 Å². The highest BCUT2D eigenvalue weighted by atomic mass is 16.5. The summed E-state index contributed by atoms with van der Waals surface area (Å²) in [7, 11) is 0. The third kappa shape index (κ3) is 3.91. The zero-order valence-corrected chi connectivity index (χ0v) is 14.8. The first-order chi connectivity index (χ1) is 12.7. The van der Waals surface area contributed by atoms with Crippen molar-refractivity contribution >= 4 is 17.9 Å². The van der Waals surface area contributed by atoms with E-state index in [0.717, 1.165) is 17.4 Å². The van der Waals surface area contributed by atoms with Crippen molar-refractivity contribution in [2.75, 3.05) is 19.8 Å². The monoisotopic (exact) mass is 352 g/mol. The van der Waals surface area contributed by atoms with Crippen molar-refractivity contribution in [3.63, 3.8) is 0 Å². The number of hydrogen-bond acceptors (Lipinski definition) is 6. The normalized spacial score (nSPS) is 13.3. The van der Waals surface area contributed by atoms with Gasteiger partial charge in [0.1, 0.15) is 18.6 Å². The van der Waals surface area contributed by atoms with Crippen LogP contribution in [0.15, 0.2) is 52.7 Å². The molecule has 0 atom stereocenters. The minimum absolute atomic E-state index is 0.302. The van der Waals surface area contributed by atoms with Crippen LogP contribution < -0.4 is 9.47 Å². The second-order valence-corrected chi connectivity index (χ2v) is 5.51. The Morgan fingerprint density at radius 3 is 2.27 bits per heavy atom. The van der Waals surface area contributed by atoms with Gasteiger partial charge in [-0.15, -0.1) is 10.2 Å². The SMILES string of the molecule is CCOc1ccc(C2=NN=C(c3ccc(C=O)cc3)CO2)cc1OCC. The average Bonchev–Trinajstić information content (AvgIpc) is 2.70. The number of rotatable bonds is 7. The third-order valence-corrected chi connectivity index (χ3v) is 3.78. The fourth-order valence-electron chi connectivity index (χ4n) is 2.52. The summed E-state index contributed by atoms with van der Waals surface area (Å²) >= 11 is 0. The summed E-state index contributed by atoms with van der Waals surface area (Å²) in [5.41, 5.74) is 2.98. The Labute approximate surface area is 152 Å². The van der Waals surface area contributed by atoms with E-state index in [-0.39, 0.29) is 0 Å². The fourth-order valence-corrected chi connectivity index (χ4v) is 2.52. The molecule has 0 bridgehead atoms. The van der Waals surface area contributed by atoms with Gasteiger partial charge >= 0.3 is 0 Å². The first-order valence-corrected chi connectivity index (χ1v) is 8.48. The molecule has 0 unspecified atom stereocenters. The zero-order valence-electron chi connectivity index (χ0n) is 14.8. The Morgan fingerprint density at radius 1 is 0.962 bits per heavy atom. The molecule has 0 aliphatic carbocycles. The molecule has 0 N–H and O–H groups in total. The maximum atomic E-state index is 10.7. The number of nitrogens with zero attached hydrogens (tertiary/aromatic N) is 2. The van der Waals surface area contributed by atoms with E-state index >= 15 is 0 Å². The summed E-state index contributed by atoms with van der Waals surface area (Å²) < 4.78 is 17.0. The van der Waals surface area contributed by atoms with E-state index in [4.69, 9.17) is 14.2 Å². The van der Waals surface area contributed by atoms with Crippen molar-refractivity contribution in [2.45, 2.75) is 13.8 Å². The lowest BCUT2D eigenvalue weighted by Gasteiger charge is -2.16. The third-order valence-electron chi connectivity index (χ3n) is 3.78. The van der Waals surface area contributed by atoms with Gasteiger partial charge in [-0.1, -0.05) is 24.3 Å². The van der Waals surface area contributed by atoms with E-state index in [2.05, 4.69) is 10.2 Å². The average molecular weight is 352 g/mol. The van der Waals surface area contributed by atoms with Crippen LogP contribution in [0.25, 0.3) is 0 Å².